The summed E-state index contributed by atoms with van der Waals surface area (Å²) in [7, 11) is 1.66. The Hall–Kier alpha value is -3.64. The van der Waals surface area contributed by atoms with E-state index in [1.807, 2.05) is 72.8 Å². The van der Waals surface area contributed by atoms with E-state index in [1.54, 1.807) is 11.6 Å². The van der Waals surface area contributed by atoms with Crippen LogP contribution in [0.25, 0.3) is 27.8 Å². The van der Waals surface area contributed by atoms with Gasteiger partial charge in [0.1, 0.15) is 17.3 Å². The molecule has 0 unspecified atom stereocenters. The van der Waals surface area contributed by atoms with Gasteiger partial charge in [0.15, 0.2) is 5.65 Å². The summed E-state index contributed by atoms with van der Waals surface area (Å²) in [5, 5.41) is 13.9. The third-order valence-corrected chi connectivity index (χ3v) is 5.24. The average Bonchev–Trinajstić information content (AvgIpc) is 3.22. The number of rotatable bonds is 5. The highest BCUT2D eigenvalue weighted by Gasteiger charge is 2.15. The van der Waals surface area contributed by atoms with E-state index in [0.29, 0.717) is 22.9 Å². The van der Waals surface area contributed by atoms with Gasteiger partial charge in [-0.2, -0.15) is 4.52 Å². The first-order valence-electron chi connectivity index (χ1n) is 9.50. The number of nitrogens with zero attached hydrogens (tertiary/aromatic N) is 4. The van der Waals surface area contributed by atoms with Crippen LogP contribution in [-0.2, 0) is 6.54 Å². The highest BCUT2D eigenvalue weighted by Crippen LogP contribution is 2.29. The fourth-order valence-corrected chi connectivity index (χ4v) is 3.55. The number of halogens is 1. The Morgan fingerprint density at radius 2 is 1.73 bits per heavy atom. The number of nitrogens with one attached hydrogen (secondary N) is 1. The number of hydrogen-bond donors (Lipinski definition) is 1. The number of benzene rings is 3. The van der Waals surface area contributed by atoms with Gasteiger partial charge in [-0.25, -0.2) is 4.98 Å². The molecule has 148 valence electrons. The Balaban J connectivity index is 1.58. The van der Waals surface area contributed by atoms with E-state index in [-0.39, 0.29) is 0 Å². The van der Waals surface area contributed by atoms with Crippen LogP contribution in [-0.4, -0.2) is 26.9 Å². The molecule has 0 saturated carbocycles. The molecule has 30 heavy (non-hydrogen) atoms. The van der Waals surface area contributed by atoms with Gasteiger partial charge in [-0.15, -0.1) is 5.10 Å². The molecule has 0 amide bonds. The third-order valence-electron chi connectivity index (χ3n) is 4.99. The smallest absolute Gasteiger partial charge is 0.186 e. The number of fused-ring (bicyclic) bond motifs is 3. The van der Waals surface area contributed by atoms with Crippen LogP contribution in [0.4, 0.5) is 5.82 Å². The summed E-state index contributed by atoms with van der Waals surface area (Å²) in [5.74, 6) is 1.62. The van der Waals surface area contributed by atoms with Crippen molar-refractivity contribution in [2.75, 3.05) is 12.4 Å². The maximum atomic E-state index is 6.04. The van der Waals surface area contributed by atoms with Crippen LogP contribution in [0.5, 0.6) is 5.75 Å². The molecule has 0 radical (unpaired) electrons. The lowest BCUT2D eigenvalue weighted by Gasteiger charge is -2.11. The Bertz CT molecular complexity index is 1330. The summed E-state index contributed by atoms with van der Waals surface area (Å²) >= 11 is 6.04. The van der Waals surface area contributed by atoms with Gasteiger partial charge in [0, 0.05) is 22.5 Å². The minimum atomic E-state index is 0.634. The van der Waals surface area contributed by atoms with Gasteiger partial charge in [0.05, 0.1) is 12.6 Å². The maximum Gasteiger partial charge on any atom is 0.186 e. The molecule has 6 nitrogen and oxygen atoms in total. The zero-order valence-corrected chi connectivity index (χ0v) is 17.0. The second kappa shape index (κ2) is 7.65. The lowest BCUT2D eigenvalue weighted by molar-refractivity contribution is 0.414. The minimum absolute atomic E-state index is 0.634. The lowest BCUT2D eigenvalue weighted by Crippen LogP contribution is -2.05. The Labute approximate surface area is 178 Å². The quantitative estimate of drug-likeness (QED) is 0.426. The number of methoxy groups -OCH3 is 1. The predicted octanol–water partition coefficient (Wildman–Crippen LogP) is 5.22. The van der Waals surface area contributed by atoms with Gasteiger partial charge in [-0.3, -0.25) is 0 Å². The molecule has 0 aliphatic rings. The van der Waals surface area contributed by atoms with Crippen LogP contribution >= 0.6 is 11.6 Å². The van der Waals surface area contributed by atoms with Crippen molar-refractivity contribution in [3.05, 3.63) is 83.4 Å². The predicted molar refractivity (Wildman–Crippen MR) is 119 cm³/mol. The molecule has 0 spiro atoms. The summed E-state index contributed by atoms with van der Waals surface area (Å²) in [6.07, 6.45) is 0. The SMILES string of the molecule is COc1ccc(CNc2nc3c(-c4ccc(Cl)cc4)nnn3c3ccccc23)cc1. The zero-order valence-electron chi connectivity index (χ0n) is 16.2. The molecule has 0 aliphatic carbocycles. The van der Waals surface area contributed by atoms with E-state index in [4.69, 9.17) is 21.3 Å². The fourth-order valence-electron chi connectivity index (χ4n) is 3.42. The zero-order chi connectivity index (χ0) is 20.5. The number of hydrogen-bond acceptors (Lipinski definition) is 5. The number of aromatic nitrogens is 4. The van der Waals surface area contributed by atoms with Crippen LogP contribution in [0.2, 0.25) is 5.02 Å². The first kappa shape index (κ1) is 18.4. The van der Waals surface area contributed by atoms with E-state index < -0.39 is 0 Å². The van der Waals surface area contributed by atoms with E-state index in [0.717, 1.165) is 33.6 Å². The van der Waals surface area contributed by atoms with Crippen molar-refractivity contribution >= 4 is 34.0 Å². The summed E-state index contributed by atoms with van der Waals surface area (Å²) in [6, 6.07) is 23.5. The van der Waals surface area contributed by atoms with Crippen molar-refractivity contribution in [3.63, 3.8) is 0 Å². The molecule has 2 heterocycles. The van der Waals surface area contributed by atoms with Crippen molar-refractivity contribution in [3.8, 4) is 17.0 Å². The van der Waals surface area contributed by atoms with Crippen molar-refractivity contribution in [2.24, 2.45) is 0 Å². The normalized spacial score (nSPS) is 11.1. The molecule has 1 N–H and O–H groups in total. The van der Waals surface area contributed by atoms with Gasteiger partial charge in [0.25, 0.3) is 0 Å². The Morgan fingerprint density at radius 3 is 2.50 bits per heavy atom. The molecule has 5 rings (SSSR count). The second-order valence-electron chi connectivity index (χ2n) is 6.86. The van der Waals surface area contributed by atoms with Crippen molar-refractivity contribution in [1.82, 2.24) is 19.8 Å². The van der Waals surface area contributed by atoms with Gasteiger partial charge in [-0.05, 0) is 42.0 Å². The van der Waals surface area contributed by atoms with Gasteiger partial charge >= 0.3 is 0 Å². The minimum Gasteiger partial charge on any atom is -0.497 e. The summed E-state index contributed by atoms with van der Waals surface area (Å²) < 4.78 is 7.01. The monoisotopic (exact) mass is 415 g/mol. The van der Waals surface area contributed by atoms with Gasteiger partial charge in [0.2, 0.25) is 0 Å². The van der Waals surface area contributed by atoms with Crippen LogP contribution < -0.4 is 10.1 Å². The summed E-state index contributed by atoms with van der Waals surface area (Å²) in [6.45, 7) is 0.634. The average molecular weight is 416 g/mol. The topological polar surface area (TPSA) is 64.3 Å². The first-order chi connectivity index (χ1) is 14.7. The van der Waals surface area contributed by atoms with Crippen molar-refractivity contribution in [1.29, 1.82) is 0 Å². The number of para-hydroxylation sites is 1. The van der Waals surface area contributed by atoms with E-state index >= 15 is 0 Å². The highest BCUT2D eigenvalue weighted by atomic mass is 35.5. The van der Waals surface area contributed by atoms with Crippen LogP contribution in [0, 0.1) is 0 Å². The van der Waals surface area contributed by atoms with Crippen LogP contribution in [0.1, 0.15) is 5.56 Å². The fraction of sp³-hybridized carbons (Fsp3) is 0.0870. The molecular formula is C23H18ClN5O. The molecule has 0 atom stereocenters. The van der Waals surface area contributed by atoms with Gasteiger partial charge < -0.3 is 10.1 Å². The number of anilines is 1. The second-order valence-corrected chi connectivity index (χ2v) is 7.30. The standard InChI is InChI=1S/C23H18ClN5O/c1-30-18-12-6-15(7-13-18)14-25-22-19-4-2-3-5-20(19)29-23(26-22)21(27-28-29)16-8-10-17(24)11-9-16/h2-13H,14H2,1H3,(H,25,26). The molecular weight excluding hydrogens is 398 g/mol. The van der Waals surface area contributed by atoms with E-state index in [2.05, 4.69) is 15.6 Å². The molecule has 3 aromatic carbocycles. The molecule has 0 bridgehead atoms. The van der Waals surface area contributed by atoms with Crippen LogP contribution in [0.3, 0.4) is 0 Å². The van der Waals surface area contributed by atoms with E-state index in [9.17, 15) is 0 Å². The molecule has 0 fully saturated rings. The molecule has 5 aromatic rings. The van der Waals surface area contributed by atoms with Crippen molar-refractivity contribution in [2.45, 2.75) is 6.54 Å². The molecule has 2 aromatic heterocycles. The molecule has 7 heteroatoms. The van der Waals surface area contributed by atoms with Gasteiger partial charge in [-0.1, -0.05) is 53.2 Å². The largest absolute Gasteiger partial charge is 0.497 e. The first-order valence-corrected chi connectivity index (χ1v) is 9.87. The van der Waals surface area contributed by atoms with Crippen LogP contribution in [0.15, 0.2) is 72.8 Å². The summed E-state index contributed by atoms with van der Waals surface area (Å²) in [5.41, 5.74) is 4.38. The van der Waals surface area contributed by atoms with Crippen molar-refractivity contribution < 1.29 is 4.74 Å². The third kappa shape index (κ3) is 3.31. The lowest BCUT2D eigenvalue weighted by atomic mass is 10.1. The number of ether oxygens (including phenoxy) is 1. The Morgan fingerprint density at radius 1 is 0.967 bits per heavy atom. The highest BCUT2D eigenvalue weighted by molar-refractivity contribution is 6.30. The summed E-state index contributed by atoms with van der Waals surface area (Å²) in [4.78, 5) is 4.88. The molecule has 0 aliphatic heterocycles. The Kier molecular flexibility index (Phi) is 4.69. The maximum absolute atomic E-state index is 6.04. The van der Waals surface area contributed by atoms with E-state index in [1.165, 1.54) is 0 Å². The molecule has 0 saturated heterocycles.